The van der Waals surface area contributed by atoms with Crippen LogP contribution in [0.2, 0.25) is 0 Å². The molecule has 0 heterocycles. The van der Waals surface area contributed by atoms with Crippen LogP contribution in [0.4, 0.5) is 0 Å². The molecule has 0 spiro atoms. The number of esters is 12. The molecular formula is C113H194O36. The third kappa shape index (κ3) is 42.5. The zero-order chi connectivity index (χ0) is 114. The zero-order valence-corrected chi connectivity index (χ0v) is 95.2. The predicted octanol–water partition coefficient (Wildman–Crippen LogP) is 13.9. The number of benzene rings is 1. The lowest BCUT2D eigenvalue weighted by atomic mass is 9.55. The van der Waals surface area contributed by atoms with Crippen LogP contribution in [-0.4, -0.2) is 285 Å². The molecule has 1 saturated carbocycles. The molecule has 24 atom stereocenters. The van der Waals surface area contributed by atoms with Crippen molar-refractivity contribution < 1.29 is 176 Å². The Morgan fingerprint density at radius 3 is 0.503 bits per heavy atom. The number of aliphatic hydroxyl groups excluding tert-OH is 12. The third-order valence-electron chi connectivity index (χ3n) is 30.4. The number of hydrogen-bond donors (Lipinski definition) is 12. The number of hydrogen-bond acceptors (Lipinski definition) is 36. The Morgan fingerprint density at radius 1 is 0.215 bits per heavy atom. The molecule has 12 N–H and O–H groups in total. The molecule has 0 aliphatic heterocycles. The maximum atomic E-state index is 16.5. The monoisotopic (exact) mass is 2130 g/mol. The Balaban J connectivity index is 3.84. The SMILES string of the molecule is CCC(O)COC(=O)C(C)(C)CC(C)(CC(C)(CC(C)(CC(C)(CC(C)(CC(C)(CC(C)(CC(C)(CC(C)(CC(C)(CC(C)(CC(C)(CC)c1ccc(C2CCCCC2)cc1)C(=O)OCC(O)CC)C(=O)OCC(O)CC)C(=O)OCC(O)CC)C(=O)OCC(O)CC)C(=O)OCC(O)CC)C(=O)OCC(O)CC)C(=O)OCC(O)CC)C(=O)OCC(O)CC)C(=O)OCC(O)CC)C(=O)OCC(O)CC)C(=O)OCC(O)CC. The third-order valence-corrected chi connectivity index (χ3v) is 30.4. The van der Waals surface area contributed by atoms with Gasteiger partial charge in [-0.1, -0.05) is 140 Å². The fourth-order valence-corrected chi connectivity index (χ4v) is 21.4. The first-order valence-electron chi connectivity index (χ1n) is 54.5. The summed E-state index contributed by atoms with van der Waals surface area (Å²) in [5.74, 6) is -13.9. The van der Waals surface area contributed by atoms with Crippen molar-refractivity contribution in [3.63, 3.8) is 0 Å². The van der Waals surface area contributed by atoms with Crippen LogP contribution in [0.25, 0.3) is 0 Å². The van der Waals surface area contributed by atoms with E-state index in [2.05, 4.69) is 12.1 Å². The van der Waals surface area contributed by atoms with E-state index in [0.29, 0.717) is 12.3 Å². The van der Waals surface area contributed by atoms with Gasteiger partial charge in [-0.2, -0.15) is 0 Å². The molecule has 1 aromatic carbocycles. The molecule has 36 heteroatoms. The van der Waals surface area contributed by atoms with Crippen molar-refractivity contribution in [2.24, 2.45) is 65.0 Å². The normalized spacial score (nSPS) is 20.0. The summed E-state index contributed by atoms with van der Waals surface area (Å²) in [5, 5.41) is 135. The Labute approximate surface area is 886 Å². The van der Waals surface area contributed by atoms with Crippen LogP contribution in [0.5, 0.6) is 0 Å². The van der Waals surface area contributed by atoms with Crippen LogP contribution in [0.3, 0.4) is 0 Å². The van der Waals surface area contributed by atoms with E-state index in [9.17, 15) is 66.1 Å². The molecule has 0 aromatic heterocycles. The number of ether oxygens (including phenoxy) is 12. The van der Waals surface area contributed by atoms with Gasteiger partial charge in [0.2, 0.25) is 0 Å². The highest BCUT2D eigenvalue weighted by atomic mass is 16.6. The van der Waals surface area contributed by atoms with Gasteiger partial charge in [0.1, 0.15) is 79.3 Å². The number of rotatable bonds is 75. The first-order valence-corrected chi connectivity index (χ1v) is 54.5. The van der Waals surface area contributed by atoms with Gasteiger partial charge in [-0.3, -0.25) is 57.5 Å². The fourth-order valence-electron chi connectivity index (χ4n) is 21.4. The summed E-state index contributed by atoms with van der Waals surface area (Å²) in [6, 6.07) is 8.21. The second kappa shape index (κ2) is 62.2. The summed E-state index contributed by atoms with van der Waals surface area (Å²) in [5.41, 5.74) is -26.7. The van der Waals surface area contributed by atoms with E-state index in [1.54, 1.807) is 90.0 Å². The lowest BCUT2D eigenvalue weighted by Gasteiger charge is -2.48. The Kier molecular flexibility index (Phi) is 57.4. The molecule has 2 rings (SSSR count). The van der Waals surface area contributed by atoms with Crippen molar-refractivity contribution in [1.82, 2.24) is 0 Å². The minimum atomic E-state index is -2.57. The molecule has 1 aliphatic rings. The topological polar surface area (TPSA) is 558 Å². The van der Waals surface area contributed by atoms with Crippen LogP contribution in [0, 0.1) is 65.0 Å². The first-order chi connectivity index (χ1) is 69.1. The van der Waals surface area contributed by atoms with Crippen molar-refractivity contribution in [2.45, 2.75) is 464 Å². The summed E-state index contributed by atoms with van der Waals surface area (Å²) in [7, 11) is 0. The molecule has 1 aliphatic carbocycles. The number of aliphatic hydroxyl groups is 12. The van der Waals surface area contributed by atoms with E-state index >= 15 is 52.7 Å². The summed E-state index contributed by atoms with van der Waals surface area (Å²) in [4.78, 5) is 192. The molecule has 24 unspecified atom stereocenters. The Morgan fingerprint density at radius 2 is 0.356 bits per heavy atom. The van der Waals surface area contributed by atoms with Crippen LogP contribution in [0.1, 0.15) is 397 Å². The molecule has 862 valence electrons. The van der Waals surface area contributed by atoms with Gasteiger partial charge in [-0.15, -0.1) is 0 Å². The van der Waals surface area contributed by atoms with Gasteiger partial charge in [0.05, 0.1) is 138 Å². The second-order valence-corrected chi connectivity index (χ2v) is 47.0. The minimum Gasteiger partial charge on any atom is -0.463 e. The highest BCUT2D eigenvalue weighted by Crippen LogP contribution is 2.60. The van der Waals surface area contributed by atoms with E-state index in [-0.39, 0.29) is 83.5 Å². The maximum Gasteiger partial charge on any atom is 0.311 e. The first kappa shape index (κ1) is 137. The van der Waals surface area contributed by atoms with Gasteiger partial charge < -0.3 is 118 Å². The van der Waals surface area contributed by atoms with E-state index in [1.807, 2.05) is 26.0 Å². The van der Waals surface area contributed by atoms with E-state index in [0.717, 1.165) is 43.2 Å². The van der Waals surface area contributed by atoms with Crippen molar-refractivity contribution in [2.75, 3.05) is 79.3 Å². The maximum absolute atomic E-state index is 16.5. The summed E-state index contributed by atoms with van der Waals surface area (Å²) < 4.78 is 72.5. The highest BCUT2D eigenvalue weighted by molar-refractivity contribution is 5.89. The fraction of sp³-hybridized carbons (Fsp3) is 0.841. The predicted molar refractivity (Wildman–Crippen MR) is 555 cm³/mol. The standard InChI is InChI=1S/C113H194O36/c1-28-77(114)50-138-89(126)101(14,15)62-103(17,90(127)139-51-78(115)29-2)64-105(19,92(129)141-53-80(117)31-4)66-107(21,94(131)143-55-82(119)33-6)68-109(23,96(133)145-57-84(121)35-8)70-111(25,98(135)147-59-86(123)37-10)72-113(27,100(137)149-61-88(125)39-12)73-112(26,99(136)148-60-87(124)38-11)71-110(24,97(134)146-58-85(122)36-9)69-108(22,95(132)144-56-83(120)34-7)67-106(20,93(130)142-54-81(118)32-5)65-104(18,91(128)140-52-79(116)30-3)63-102(16,40-13)76-48-46-75(47-49-76)74-44-42-41-43-45-74/h46-49,74,77-88,114-125H,28-45,50-73H2,1-27H3. The number of carbonyl (C=O) groups is 12. The quantitative estimate of drug-likeness (QED) is 0.0213. The number of carbonyl (C=O) groups excluding carboxylic acids is 12. The molecule has 1 aromatic rings. The molecular weight excluding hydrogens is 1930 g/mol. The summed E-state index contributed by atoms with van der Waals surface area (Å²) >= 11 is 0. The smallest absolute Gasteiger partial charge is 0.311 e. The van der Waals surface area contributed by atoms with Crippen LogP contribution in [-0.2, 0) is 120 Å². The minimum absolute atomic E-state index is 0.0119. The van der Waals surface area contributed by atoms with Gasteiger partial charge in [0.15, 0.2) is 0 Å². The van der Waals surface area contributed by atoms with Gasteiger partial charge in [-0.25, -0.2) is 0 Å². The summed E-state index contributed by atoms with van der Waals surface area (Å²) in [6.07, 6.45) is -19.4. The van der Waals surface area contributed by atoms with Crippen molar-refractivity contribution in [3.8, 4) is 0 Å². The van der Waals surface area contributed by atoms with Crippen LogP contribution in [0.15, 0.2) is 24.3 Å². The molecule has 0 saturated heterocycles. The zero-order valence-electron chi connectivity index (χ0n) is 95.2. The highest BCUT2D eigenvalue weighted by Gasteiger charge is 2.64. The molecule has 0 radical (unpaired) electrons. The van der Waals surface area contributed by atoms with Crippen molar-refractivity contribution >= 4 is 71.6 Å². The van der Waals surface area contributed by atoms with Gasteiger partial charge >= 0.3 is 71.6 Å². The average molecular weight is 2130 g/mol. The molecule has 0 amide bonds. The average Bonchev–Trinajstić information content (AvgIpc) is 0.733. The van der Waals surface area contributed by atoms with Crippen molar-refractivity contribution in [1.29, 1.82) is 0 Å². The summed E-state index contributed by atoms with van der Waals surface area (Å²) in [6.45, 7) is 32.1. The molecule has 36 nitrogen and oxygen atoms in total. The van der Waals surface area contributed by atoms with Crippen LogP contribution < -0.4 is 0 Å². The molecule has 1 fully saturated rings. The lowest BCUT2D eigenvalue weighted by molar-refractivity contribution is -0.181. The lowest BCUT2D eigenvalue weighted by Crippen LogP contribution is -2.52. The van der Waals surface area contributed by atoms with Crippen molar-refractivity contribution in [3.05, 3.63) is 35.4 Å². The molecule has 149 heavy (non-hydrogen) atoms. The van der Waals surface area contributed by atoms with E-state index in [1.165, 1.54) is 83.1 Å². The van der Waals surface area contributed by atoms with Gasteiger partial charge in [0, 0.05) is 0 Å². The largest absolute Gasteiger partial charge is 0.463 e. The van der Waals surface area contributed by atoms with Gasteiger partial charge in [-0.05, 0) is 286 Å². The Hall–Kier alpha value is -7.62. The molecule has 0 bridgehead atoms. The van der Waals surface area contributed by atoms with Crippen LogP contribution >= 0.6 is 0 Å². The Bertz CT molecular complexity index is 4250. The second-order valence-electron chi connectivity index (χ2n) is 47.0. The van der Waals surface area contributed by atoms with E-state index in [4.69, 9.17) is 56.8 Å². The van der Waals surface area contributed by atoms with Gasteiger partial charge in [0.25, 0.3) is 0 Å². The van der Waals surface area contributed by atoms with E-state index < -0.39 is 365 Å².